The Balaban J connectivity index is 2.09. The van der Waals surface area contributed by atoms with Crippen molar-refractivity contribution in [3.8, 4) is 0 Å². The van der Waals surface area contributed by atoms with E-state index in [0.717, 1.165) is 0 Å². The van der Waals surface area contributed by atoms with Crippen LogP contribution >= 0.6 is 11.3 Å². The number of carbonyl (C=O) groups excluding carboxylic acids is 1. The van der Waals surface area contributed by atoms with Gasteiger partial charge >= 0.3 is 5.97 Å². The molecule has 0 bridgehead atoms. The summed E-state index contributed by atoms with van der Waals surface area (Å²) >= 11 is 1.89. The molecule has 1 N–H and O–H groups in total. The van der Waals surface area contributed by atoms with E-state index in [4.69, 9.17) is 4.74 Å². The number of rotatable bonds is 4. The van der Waals surface area contributed by atoms with E-state index in [1.165, 1.54) is 48.1 Å². The average molecular weight is 281 g/mol. The van der Waals surface area contributed by atoms with Gasteiger partial charge in [-0.15, -0.1) is 11.3 Å². The number of carbonyl (C=O) groups is 1. The van der Waals surface area contributed by atoms with Crippen LogP contribution in [0.5, 0.6) is 0 Å². The minimum atomic E-state index is -0.654. The number of methoxy groups -OCH3 is 1. The summed E-state index contributed by atoms with van der Waals surface area (Å²) in [5, 5.41) is 3.37. The van der Waals surface area contributed by atoms with Crippen molar-refractivity contribution >= 4 is 17.3 Å². The zero-order chi connectivity index (χ0) is 14.0. The third kappa shape index (κ3) is 3.18. The highest BCUT2D eigenvalue weighted by Crippen LogP contribution is 2.33. The molecule has 0 radical (unpaired) electrons. The first-order chi connectivity index (χ1) is 8.94. The maximum Gasteiger partial charge on any atom is 0.325 e. The molecule has 0 saturated heterocycles. The Morgan fingerprint density at radius 1 is 1.42 bits per heavy atom. The first-order valence-electron chi connectivity index (χ1n) is 6.91. The second-order valence-corrected chi connectivity index (χ2v) is 6.96. The first kappa shape index (κ1) is 14.5. The van der Waals surface area contributed by atoms with Gasteiger partial charge in [-0.3, -0.25) is 10.1 Å². The Bertz CT molecular complexity index is 441. The Hall–Kier alpha value is -0.870. The largest absolute Gasteiger partial charge is 0.468 e. The maximum atomic E-state index is 11.7. The molecule has 1 aromatic rings. The molecule has 0 amide bonds. The molecule has 1 aliphatic rings. The van der Waals surface area contributed by atoms with Gasteiger partial charge < -0.3 is 4.74 Å². The lowest BCUT2D eigenvalue weighted by Gasteiger charge is -2.27. The van der Waals surface area contributed by atoms with Crippen molar-refractivity contribution < 1.29 is 9.53 Å². The second kappa shape index (κ2) is 5.63. The smallest absolute Gasteiger partial charge is 0.325 e. The Morgan fingerprint density at radius 3 is 2.74 bits per heavy atom. The van der Waals surface area contributed by atoms with E-state index in [9.17, 15) is 4.79 Å². The fourth-order valence-corrected chi connectivity index (χ4v) is 3.91. The minimum Gasteiger partial charge on any atom is -0.468 e. The molecule has 106 valence electrons. The lowest BCUT2D eigenvalue weighted by Crippen LogP contribution is -2.48. The van der Waals surface area contributed by atoms with Crippen molar-refractivity contribution in [2.45, 2.75) is 58.0 Å². The maximum absolute atomic E-state index is 11.7. The van der Waals surface area contributed by atoms with E-state index in [0.29, 0.717) is 0 Å². The monoisotopic (exact) mass is 281 g/mol. The van der Waals surface area contributed by atoms with Gasteiger partial charge in [0, 0.05) is 15.8 Å². The van der Waals surface area contributed by atoms with Crippen LogP contribution in [0.15, 0.2) is 6.07 Å². The van der Waals surface area contributed by atoms with Crippen LogP contribution in [0.4, 0.5) is 0 Å². The number of fused-ring (bicyclic) bond motifs is 1. The van der Waals surface area contributed by atoms with Crippen LogP contribution in [0.25, 0.3) is 0 Å². The zero-order valence-electron chi connectivity index (χ0n) is 12.2. The molecule has 1 atom stereocenters. The number of esters is 1. The average Bonchev–Trinajstić information content (AvgIpc) is 2.81. The lowest BCUT2D eigenvalue weighted by molar-refractivity contribution is -0.147. The predicted octanol–water partition coefficient (Wildman–Crippen LogP) is 3.23. The van der Waals surface area contributed by atoms with Crippen molar-refractivity contribution in [1.29, 1.82) is 0 Å². The lowest BCUT2D eigenvalue weighted by atomic mass is 9.98. The number of nitrogens with one attached hydrogen (secondary N) is 1. The van der Waals surface area contributed by atoms with Crippen molar-refractivity contribution in [3.05, 3.63) is 21.4 Å². The van der Waals surface area contributed by atoms with E-state index in [-0.39, 0.29) is 12.0 Å². The molecule has 0 aromatic carbocycles. The summed E-state index contributed by atoms with van der Waals surface area (Å²) in [5.41, 5.74) is 0.856. The molecule has 1 aliphatic carbocycles. The summed E-state index contributed by atoms with van der Waals surface area (Å²) in [4.78, 5) is 14.6. The summed E-state index contributed by atoms with van der Waals surface area (Å²) in [5.74, 6) is -0.222. The molecular weight excluding hydrogens is 258 g/mol. The molecule has 0 saturated carbocycles. The van der Waals surface area contributed by atoms with Gasteiger partial charge in [-0.1, -0.05) is 0 Å². The number of hydrogen-bond acceptors (Lipinski definition) is 4. The fraction of sp³-hybridized carbons (Fsp3) is 0.667. The molecule has 4 heteroatoms. The van der Waals surface area contributed by atoms with Crippen LogP contribution in [0, 0.1) is 0 Å². The van der Waals surface area contributed by atoms with Gasteiger partial charge in [0.05, 0.1) is 7.11 Å². The molecule has 0 fully saturated rings. The summed E-state index contributed by atoms with van der Waals surface area (Å²) in [7, 11) is 1.43. The van der Waals surface area contributed by atoms with E-state index in [2.05, 4.69) is 18.3 Å². The van der Waals surface area contributed by atoms with Crippen LogP contribution in [0.1, 0.15) is 55.0 Å². The van der Waals surface area contributed by atoms with Gasteiger partial charge in [-0.05, 0) is 58.1 Å². The number of aryl methyl sites for hydroxylation is 2. The van der Waals surface area contributed by atoms with Gasteiger partial charge in [0.25, 0.3) is 0 Å². The molecule has 1 unspecified atom stereocenters. The Kier molecular flexibility index (Phi) is 4.31. The van der Waals surface area contributed by atoms with Crippen molar-refractivity contribution in [1.82, 2.24) is 5.32 Å². The van der Waals surface area contributed by atoms with Gasteiger partial charge in [-0.2, -0.15) is 0 Å². The van der Waals surface area contributed by atoms with Crippen LogP contribution in [-0.4, -0.2) is 18.6 Å². The van der Waals surface area contributed by atoms with E-state index in [1.807, 2.05) is 25.2 Å². The van der Waals surface area contributed by atoms with Crippen LogP contribution < -0.4 is 5.32 Å². The molecule has 3 nitrogen and oxygen atoms in total. The highest BCUT2D eigenvalue weighted by molar-refractivity contribution is 7.12. The van der Waals surface area contributed by atoms with Crippen LogP contribution in [0.3, 0.4) is 0 Å². The van der Waals surface area contributed by atoms with E-state index >= 15 is 0 Å². The zero-order valence-corrected chi connectivity index (χ0v) is 13.0. The van der Waals surface area contributed by atoms with Gasteiger partial charge in [0.2, 0.25) is 0 Å². The van der Waals surface area contributed by atoms with Gasteiger partial charge in [0.1, 0.15) is 5.54 Å². The summed E-state index contributed by atoms with van der Waals surface area (Å²) in [6.07, 6.45) is 5.03. The SMILES string of the molecule is COC(=O)C(C)(C)NC(C)c1cc2c(s1)CCCC2. The van der Waals surface area contributed by atoms with Crippen LogP contribution in [-0.2, 0) is 22.4 Å². The van der Waals surface area contributed by atoms with Crippen LogP contribution in [0.2, 0.25) is 0 Å². The summed E-state index contributed by atoms with van der Waals surface area (Å²) in [6.45, 7) is 5.84. The molecule has 2 rings (SSSR count). The highest BCUT2D eigenvalue weighted by atomic mass is 32.1. The number of thiophene rings is 1. The topological polar surface area (TPSA) is 38.3 Å². The quantitative estimate of drug-likeness (QED) is 0.861. The van der Waals surface area contributed by atoms with Gasteiger partial charge in [-0.25, -0.2) is 0 Å². The fourth-order valence-electron chi connectivity index (χ4n) is 2.65. The van der Waals surface area contributed by atoms with Gasteiger partial charge in [0.15, 0.2) is 0 Å². The molecule has 1 aromatic heterocycles. The molecular formula is C15H23NO2S. The highest BCUT2D eigenvalue weighted by Gasteiger charge is 2.31. The first-order valence-corrected chi connectivity index (χ1v) is 7.73. The molecule has 0 spiro atoms. The number of ether oxygens (including phenoxy) is 1. The Labute approximate surface area is 119 Å². The predicted molar refractivity (Wildman–Crippen MR) is 78.6 cm³/mol. The summed E-state index contributed by atoms with van der Waals surface area (Å²) < 4.78 is 4.84. The number of hydrogen-bond donors (Lipinski definition) is 1. The summed E-state index contributed by atoms with van der Waals surface area (Å²) in [6, 6.07) is 2.48. The molecule has 1 heterocycles. The van der Waals surface area contributed by atoms with Crippen molar-refractivity contribution in [3.63, 3.8) is 0 Å². The standard InChI is InChI=1S/C15H23NO2S/c1-10(16-15(2,3)14(17)18-4)13-9-11-7-5-6-8-12(11)19-13/h9-10,16H,5-8H2,1-4H3. The molecule has 19 heavy (non-hydrogen) atoms. The minimum absolute atomic E-state index is 0.171. The van der Waals surface area contributed by atoms with E-state index < -0.39 is 5.54 Å². The third-order valence-electron chi connectivity index (χ3n) is 3.72. The van der Waals surface area contributed by atoms with E-state index in [1.54, 1.807) is 0 Å². The Morgan fingerprint density at radius 2 is 2.11 bits per heavy atom. The normalized spacial score (nSPS) is 16.8. The van der Waals surface area contributed by atoms with Crippen molar-refractivity contribution in [2.75, 3.05) is 7.11 Å². The molecule has 0 aliphatic heterocycles. The second-order valence-electron chi connectivity index (χ2n) is 5.79. The third-order valence-corrected chi connectivity index (χ3v) is 5.14. The van der Waals surface area contributed by atoms with Crippen molar-refractivity contribution in [2.24, 2.45) is 0 Å².